The zero-order valence-electron chi connectivity index (χ0n) is 12.5. The molecule has 1 N–H and O–H groups in total. The van der Waals surface area contributed by atoms with Crippen molar-refractivity contribution in [1.82, 2.24) is 15.2 Å². The molecule has 0 saturated carbocycles. The lowest BCUT2D eigenvalue weighted by atomic mass is 9.78. The van der Waals surface area contributed by atoms with Crippen LogP contribution in [-0.2, 0) is 17.9 Å². The largest absolute Gasteiger partial charge is 0.378 e. The minimum atomic E-state index is 0. The van der Waals surface area contributed by atoms with Crippen LogP contribution in [0.15, 0.2) is 5.38 Å². The zero-order chi connectivity index (χ0) is 13.1. The van der Waals surface area contributed by atoms with E-state index in [0.29, 0.717) is 12.0 Å². The van der Waals surface area contributed by atoms with E-state index in [4.69, 9.17) is 4.74 Å². The summed E-state index contributed by atoms with van der Waals surface area (Å²) >= 11 is 1.71. The molecule has 7 heteroatoms. The fourth-order valence-electron chi connectivity index (χ4n) is 3.37. The second kappa shape index (κ2) is 8.65. The molecule has 0 atom stereocenters. The number of hydrogen-bond donors (Lipinski definition) is 1. The summed E-state index contributed by atoms with van der Waals surface area (Å²) in [6.07, 6.45) is 4.05. The predicted molar refractivity (Wildman–Crippen MR) is 91.8 cm³/mol. The minimum Gasteiger partial charge on any atom is -0.378 e. The van der Waals surface area contributed by atoms with Gasteiger partial charge < -0.3 is 10.1 Å². The molecule has 1 aromatic heterocycles. The monoisotopic (exact) mass is 353 g/mol. The highest BCUT2D eigenvalue weighted by Gasteiger charge is 2.38. The first-order chi connectivity index (χ1) is 9.30. The molecule has 21 heavy (non-hydrogen) atoms. The van der Waals surface area contributed by atoms with Crippen LogP contribution in [0, 0.1) is 5.41 Å². The van der Waals surface area contributed by atoms with E-state index < -0.39 is 0 Å². The van der Waals surface area contributed by atoms with Gasteiger partial charge in [-0.1, -0.05) is 0 Å². The first-order valence-corrected chi connectivity index (χ1v) is 8.03. The average Bonchev–Trinajstić information content (AvgIpc) is 3.00. The molecule has 1 aromatic rings. The van der Waals surface area contributed by atoms with Gasteiger partial charge in [-0.2, -0.15) is 0 Å². The highest BCUT2D eigenvalue weighted by atomic mass is 35.5. The molecular formula is C14H25Cl2N3OS. The van der Waals surface area contributed by atoms with Crippen LogP contribution in [0.2, 0.25) is 0 Å². The Balaban J connectivity index is 0.00000110. The lowest BCUT2D eigenvalue weighted by molar-refractivity contribution is 0.183. The Morgan fingerprint density at radius 2 is 2.10 bits per heavy atom. The van der Waals surface area contributed by atoms with E-state index in [0.717, 1.165) is 11.6 Å². The molecule has 0 bridgehead atoms. The van der Waals surface area contributed by atoms with Gasteiger partial charge in [0, 0.05) is 25.6 Å². The van der Waals surface area contributed by atoms with E-state index in [-0.39, 0.29) is 24.8 Å². The number of ether oxygens (including phenoxy) is 1. The third-order valence-corrected chi connectivity index (χ3v) is 5.31. The van der Waals surface area contributed by atoms with Gasteiger partial charge in [-0.3, -0.25) is 4.90 Å². The molecule has 2 fully saturated rings. The van der Waals surface area contributed by atoms with Crippen LogP contribution in [0.4, 0.5) is 0 Å². The van der Waals surface area contributed by atoms with Crippen molar-refractivity contribution in [2.45, 2.75) is 32.4 Å². The Morgan fingerprint density at radius 3 is 2.81 bits per heavy atom. The molecule has 3 heterocycles. The van der Waals surface area contributed by atoms with Crippen molar-refractivity contribution in [2.75, 3.05) is 33.3 Å². The van der Waals surface area contributed by atoms with E-state index in [2.05, 4.69) is 20.6 Å². The summed E-state index contributed by atoms with van der Waals surface area (Å²) in [6, 6.07) is 0. The average molecular weight is 354 g/mol. The standard InChI is InChI=1S/C14H23N3OS.2ClH/c1-18-9-13-16-12(10-19-13)8-17-7-4-14(11-17)2-5-15-6-3-14;;/h10,15H,2-9,11H2,1H3;2*1H. The number of likely N-dealkylation sites (tertiary alicyclic amines) is 1. The fourth-order valence-corrected chi connectivity index (χ4v) is 4.12. The van der Waals surface area contributed by atoms with Crippen molar-refractivity contribution in [2.24, 2.45) is 5.41 Å². The van der Waals surface area contributed by atoms with Gasteiger partial charge in [-0.05, 0) is 44.3 Å². The third kappa shape index (κ3) is 4.78. The van der Waals surface area contributed by atoms with E-state index >= 15 is 0 Å². The Kier molecular flexibility index (Phi) is 7.88. The minimum absolute atomic E-state index is 0. The SMILES string of the molecule is COCc1nc(CN2CCC3(CCNCC3)C2)cs1.Cl.Cl. The maximum Gasteiger partial charge on any atom is 0.119 e. The molecule has 2 aliphatic rings. The number of nitrogens with zero attached hydrogens (tertiary/aromatic N) is 2. The van der Waals surface area contributed by atoms with Gasteiger partial charge in [0.15, 0.2) is 0 Å². The van der Waals surface area contributed by atoms with Gasteiger partial charge in [0.2, 0.25) is 0 Å². The lowest BCUT2D eigenvalue weighted by Gasteiger charge is -2.33. The molecule has 0 unspecified atom stereocenters. The summed E-state index contributed by atoms with van der Waals surface area (Å²) in [5.41, 5.74) is 1.81. The second-order valence-corrected chi connectivity index (χ2v) is 6.82. The third-order valence-electron chi connectivity index (χ3n) is 4.43. The van der Waals surface area contributed by atoms with Crippen LogP contribution >= 0.6 is 36.2 Å². The van der Waals surface area contributed by atoms with Crippen LogP contribution in [0.1, 0.15) is 30.0 Å². The van der Waals surface area contributed by atoms with Gasteiger partial charge in [-0.15, -0.1) is 36.2 Å². The zero-order valence-corrected chi connectivity index (χ0v) is 14.9. The van der Waals surface area contributed by atoms with Crippen LogP contribution in [-0.4, -0.2) is 43.2 Å². The molecule has 3 rings (SSSR count). The van der Waals surface area contributed by atoms with Crippen LogP contribution in [0.5, 0.6) is 0 Å². The molecule has 0 aliphatic carbocycles. The Bertz CT molecular complexity index is 424. The van der Waals surface area contributed by atoms with E-state index in [1.807, 2.05) is 0 Å². The van der Waals surface area contributed by atoms with Gasteiger partial charge in [0.25, 0.3) is 0 Å². The molecular weight excluding hydrogens is 329 g/mol. The summed E-state index contributed by atoms with van der Waals surface area (Å²) < 4.78 is 5.13. The molecule has 2 aliphatic heterocycles. The normalized spacial score (nSPS) is 21.0. The molecule has 122 valence electrons. The Labute approximate surface area is 143 Å². The van der Waals surface area contributed by atoms with Crippen molar-refractivity contribution < 1.29 is 4.74 Å². The molecule has 0 aromatic carbocycles. The Morgan fingerprint density at radius 1 is 1.33 bits per heavy atom. The summed E-state index contributed by atoms with van der Waals surface area (Å²) in [4.78, 5) is 7.22. The highest BCUT2D eigenvalue weighted by Crippen LogP contribution is 2.38. The number of thiazole rings is 1. The molecule has 4 nitrogen and oxygen atoms in total. The number of rotatable bonds is 4. The topological polar surface area (TPSA) is 37.4 Å². The summed E-state index contributed by atoms with van der Waals surface area (Å²) in [7, 11) is 1.72. The van der Waals surface area contributed by atoms with Crippen molar-refractivity contribution in [3.63, 3.8) is 0 Å². The van der Waals surface area contributed by atoms with Crippen LogP contribution < -0.4 is 5.32 Å². The second-order valence-electron chi connectivity index (χ2n) is 5.88. The first kappa shape index (κ1) is 19.1. The van der Waals surface area contributed by atoms with Crippen LogP contribution in [0.3, 0.4) is 0 Å². The quantitative estimate of drug-likeness (QED) is 0.902. The smallest absolute Gasteiger partial charge is 0.119 e. The summed E-state index contributed by atoms with van der Waals surface area (Å²) in [5, 5.41) is 6.75. The van der Waals surface area contributed by atoms with Gasteiger partial charge >= 0.3 is 0 Å². The molecule has 0 radical (unpaired) electrons. The first-order valence-electron chi connectivity index (χ1n) is 7.15. The van der Waals surface area contributed by atoms with E-state index in [1.54, 1.807) is 18.4 Å². The maximum absolute atomic E-state index is 5.13. The number of piperidine rings is 1. The van der Waals surface area contributed by atoms with E-state index in [1.165, 1.54) is 51.1 Å². The van der Waals surface area contributed by atoms with Gasteiger partial charge in [0.1, 0.15) is 5.01 Å². The van der Waals surface area contributed by atoms with Crippen LogP contribution in [0.25, 0.3) is 0 Å². The number of halogens is 2. The van der Waals surface area contributed by atoms with Crippen molar-refractivity contribution in [3.8, 4) is 0 Å². The van der Waals surface area contributed by atoms with Crippen molar-refractivity contribution in [3.05, 3.63) is 16.1 Å². The fraction of sp³-hybridized carbons (Fsp3) is 0.786. The number of nitrogens with one attached hydrogen (secondary N) is 1. The van der Waals surface area contributed by atoms with E-state index in [9.17, 15) is 0 Å². The summed E-state index contributed by atoms with van der Waals surface area (Å²) in [5.74, 6) is 0. The number of aromatic nitrogens is 1. The van der Waals surface area contributed by atoms with Gasteiger partial charge in [-0.25, -0.2) is 4.98 Å². The maximum atomic E-state index is 5.13. The lowest BCUT2D eigenvalue weighted by Crippen LogP contribution is -2.38. The van der Waals surface area contributed by atoms with Gasteiger partial charge in [0.05, 0.1) is 12.3 Å². The number of hydrogen-bond acceptors (Lipinski definition) is 5. The summed E-state index contributed by atoms with van der Waals surface area (Å²) in [6.45, 7) is 6.53. The highest BCUT2D eigenvalue weighted by molar-refractivity contribution is 7.09. The predicted octanol–water partition coefficient (Wildman–Crippen LogP) is 2.71. The molecule has 2 saturated heterocycles. The molecule has 0 amide bonds. The molecule has 1 spiro atoms. The number of methoxy groups -OCH3 is 1. The Hall–Kier alpha value is 0.0900. The van der Waals surface area contributed by atoms with Crippen molar-refractivity contribution >= 4 is 36.2 Å². The van der Waals surface area contributed by atoms with Crippen molar-refractivity contribution in [1.29, 1.82) is 0 Å².